The van der Waals surface area contributed by atoms with Crippen LogP contribution in [-0.2, 0) is 19.1 Å². The lowest BCUT2D eigenvalue weighted by Crippen LogP contribution is -3.00. The third-order valence-electron chi connectivity index (χ3n) is 5.38. The van der Waals surface area contributed by atoms with E-state index in [1.807, 2.05) is 0 Å². The first kappa shape index (κ1) is 23.1. The van der Waals surface area contributed by atoms with Crippen LogP contribution in [0.25, 0.3) is 11.0 Å². The predicted molar refractivity (Wildman–Crippen MR) is 119 cm³/mol. The maximum atomic E-state index is 2.47. The summed E-state index contributed by atoms with van der Waals surface area (Å²) in [5.41, 5.74) is 4.05. The number of benzene rings is 3. The van der Waals surface area contributed by atoms with Crippen LogP contribution in [0, 0.1) is 0 Å². The lowest BCUT2D eigenvalue weighted by atomic mass is 10.1. The van der Waals surface area contributed by atoms with Gasteiger partial charge in [-0.1, -0.05) is 91.1 Å². The summed E-state index contributed by atoms with van der Waals surface area (Å²) in [6.07, 6.45) is 4.47. The molecule has 5 heteroatoms. The number of imidazole rings is 1. The molecule has 1 heterocycles. The van der Waals surface area contributed by atoms with Crippen molar-refractivity contribution in [2.45, 2.75) is 32.2 Å². The van der Waals surface area contributed by atoms with Crippen molar-refractivity contribution < 1.29 is 27.0 Å². The first-order valence-corrected chi connectivity index (χ1v) is 12.9. The van der Waals surface area contributed by atoms with E-state index in [-0.39, 0.29) is 22.5 Å². The van der Waals surface area contributed by atoms with Crippen LogP contribution in [0.15, 0.2) is 91.3 Å². The molecule has 0 aliphatic heterocycles. The number of aryl methyl sites for hydroxylation is 2. The van der Waals surface area contributed by atoms with Gasteiger partial charge in [-0.2, -0.15) is 0 Å². The minimum Gasteiger partial charge on any atom is -1.00 e. The van der Waals surface area contributed by atoms with Crippen molar-refractivity contribution >= 4 is 24.3 Å². The molecule has 0 amide bonds. The van der Waals surface area contributed by atoms with Gasteiger partial charge in [0.15, 0.2) is 11.0 Å². The Morgan fingerprint density at radius 3 is 2.07 bits per heavy atom. The number of para-hydroxylation sites is 2. The molecular formula is C24H29BrN2OSi. The van der Waals surface area contributed by atoms with Crippen molar-refractivity contribution in [3.63, 3.8) is 0 Å². The highest BCUT2D eigenvalue weighted by atomic mass is 79.9. The lowest BCUT2D eigenvalue weighted by Gasteiger charge is -2.20. The first-order chi connectivity index (χ1) is 13.1. The van der Waals surface area contributed by atoms with Crippen molar-refractivity contribution in [3.8, 4) is 0 Å². The largest absolute Gasteiger partial charge is 1.00 e. The fourth-order valence-corrected chi connectivity index (χ4v) is 6.23. The zero-order chi connectivity index (χ0) is 18.7. The molecule has 4 rings (SSSR count). The molecule has 0 spiro atoms. The van der Waals surface area contributed by atoms with Crippen LogP contribution in [0.1, 0.15) is 5.56 Å². The topological polar surface area (TPSA) is 40.3 Å². The van der Waals surface area contributed by atoms with Crippen LogP contribution < -0.4 is 26.7 Å². The normalized spacial score (nSPS) is 11.0. The summed E-state index contributed by atoms with van der Waals surface area (Å²) in [5.74, 6) is 0. The highest BCUT2D eigenvalue weighted by molar-refractivity contribution is 6.88. The Kier molecular flexibility index (Phi) is 7.96. The third kappa shape index (κ3) is 5.24. The van der Waals surface area contributed by atoms with Crippen LogP contribution in [0.3, 0.4) is 0 Å². The summed E-state index contributed by atoms with van der Waals surface area (Å²) in [7, 11) is -1.56. The van der Waals surface area contributed by atoms with Crippen LogP contribution in [0.2, 0.25) is 13.1 Å². The number of fused-ring (bicyclic) bond motifs is 1. The molecule has 152 valence electrons. The van der Waals surface area contributed by atoms with E-state index in [1.54, 1.807) is 0 Å². The van der Waals surface area contributed by atoms with Gasteiger partial charge in [0, 0.05) is 6.42 Å². The van der Waals surface area contributed by atoms with Crippen LogP contribution in [0.5, 0.6) is 0 Å². The number of nitrogens with zero attached hydrogens (tertiary/aromatic N) is 2. The molecule has 3 nitrogen and oxygen atoms in total. The maximum absolute atomic E-state index is 2.47. The Morgan fingerprint density at radius 1 is 0.793 bits per heavy atom. The Balaban J connectivity index is 0.00000150. The smallest absolute Gasteiger partial charge is 0.244 e. The average molecular weight is 469 g/mol. The van der Waals surface area contributed by atoms with Gasteiger partial charge in [-0.05, 0) is 17.7 Å². The van der Waals surface area contributed by atoms with Gasteiger partial charge in [0.25, 0.3) is 0 Å². The monoisotopic (exact) mass is 468 g/mol. The van der Waals surface area contributed by atoms with Crippen molar-refractivity contribution in [2.75, 3.05) is 0 Å². The van der Waals surface area contributed by atoms with Gasteiger partial charge in [0.1, 0.15) is 8.07 Å². The van der Waals surface area contributed by atoms with Crippen molar-refractivity contribution in [3.05, 3.63) is 96.8 Å². The molecule has 0 unspecified atom stereocenters. The Labute approximate surface area is 184 Å². The summed E-state index contributed by atoms with van der Waals surface area (Å²) >= 11 is 0. The number of rotatable bonds is 6. The van der Waals surface area contributed by atoms with E-state index in [0.29, 0.717) is 0 Å². The number of hydrogen-bond acceptors (Lipinski definition) is 0. The predicted octanol–water partition coefficient (Wildman–Crippen LogP) is 0.506. The molecule has 2 N–H and O–H groups in total. The molecule has 0 saturated heterocycles. The quantitative estimate of drug-likeness (QED) is 0.292. The van der Waals surface area contributed by atoms with E-state index in [1.165, 1.54) is 21.8 Å². The van der Waals surface area contributed by atoms with Crippen molar-refractivity contribution in [1.82, 2.24) is 4.57 Å². The van der Waals surface area contributed by atoms with Gasteiger partial charge in [-0.15, -0.1) is 0 Å². The van der Waals surface area contributed by atoms with Crippen molar-refractivity contribution in [2.24, 2.45) is 0 Å². The van der Waals surface area contributed by atoms with E-state index < -0.39 is 8.07 Å². The standard InChI is InChI=1S/C24H27N2Si.BrH.H2O/c1-27(2,22-13-7-4-8-14-22)20-26-19-25(23-15-9-10-16-24(23)26)18-17-21-11-5-3-6-12-21;;/h3-16,19H,17-18,20H2,1-2H3;1H;1H2/q+1;;/p-1. The summed E-state index contributed by atoms with van der Waals surface area (Å²) < 4.78 is 4.89. The van der Waals surface area contributed by atoms with E-state index in [9.17, 15) is 0 Å². The number of halogens is 1. The highest BCUT2D eigenvalue weighted by Gasteiger charge is 2.28. The summed E-state index contributed by atoms with van der Waals surface area (Å²) in [6, 6.07) is 30.6. The fourth-order valence-electron chi connectivity index (χ4n) is 3.85. The number of hydrogen-bond donors (Lipinski definition) is 0. The molecule has 0 atom stereocenters. The zero-order valence-electron chi connectivity index (χ0n) is 17.1. The van der Waals surface area contributed by atoms with Gasteiger partial charge in [-0.25, -0.2) is 9.13 Å². The van der Waals surface area contributed by atoms with E-state index in [0.717, 1.165) is 19.1 Å². The van der Waals surface area contributed by atoms with Gasteiger partial charge < -0.3 is 22.5 Å². The average Bonchev–Trinajstić information content (AvgIpc) is 3.05. The molecule has 4 aromatic rings. The lowest BCUT2D eigenvalue weighted by molar-refractivity contribution is -0.655. The molecule has 29 heavy (non-hydrogen) atoms. The maximum Gasteiger partial charge on any atom is 0.244 e. The van der Waals surface area contributed by atoms with Crippen LogP contribution in [0.4, 0.5) is 0 Å². The zero-order valence-corrected chi connectivity index (χ0v) is 19.6. The van der Waals surface area contributed by atoms with Crippen molar-refractivity contribution in [1.29, 1.82) is 0 Å². The molecule has 0 saturated carbocycles. The minimum atomic E-state index is -1.56. The molecule has 0 radical (unpaired) electrons. The fraction of sp³-hybridized carbons (Fsp3) is 0.208. The van der Waals surface area contributed by atoms with Crippen LogP contribution >= 0.6 is 0 Å². The molecule has 1 aromatic heterocycles. The minimum absolute atomic E-state index is 0. The van der Waals surface area contributed by atoms with Crippen LogP contribution in [-0.4, -0.2) is 18.1 Å². The molecule has 0 aliphatic carbocycles. The molecule has 0 aliphatic rings. The Morgan fingerprint density at radius 2 is 1.38 bits per heavy atom. The van der Waals surface area contributed by atoms with Gasteiger partial charge in [0.05, 0.1) is 12.7 Å². The molecule has 0 bridgehead atoms. The molecule has 0 fully saturated rings. The molecular weight excluding hydrogens is 440 g/mol. The highest BCUT2D eigenvalue weighted by Crippen LogP contribution is 2.14. The molecule has 3 aromatic carbocycles. The van der Waals surface area contributed by atoms with E-state index in [4.69, 9.17) is 0 Å². The summed E-state index contributed by atoms with van der Waals surface area (Å²) in [6.45, 7) is 5.93. The second-order valence-corrected chi connectivity index (χ2v) is 12.6. The Bertz CT molecular complexity index is 1030. The third-order valence-corrected chi connectivity index (χ3v) is 8.41. The van der Waals surface area contributed by atoms with E-state index >= 15 is 0 Å². The second-order valence-electron chi connectivity index (χ2n) is 7.91. The second kappa shape index (κ2) is 10.0. The van der Waals surface area contributed by atoms with E-state index in [2.05, 4.69) is 113 Å². The number of aromatic nitrogens is 2. The SMILES string of the molecule is C[Si](C)(C[n+]1cn(CCc2ccccc2)c2ccccc21)c1ccccc1.O.[Br-]. The van der Waals surface area contributed by atoms with Gasteiger partial charge in [0.2, 0.25) is 6.33 Å². The summed E-state index contributed by atoms with van der Waals surface area (Å²) in [5, 5.41) is 1.51. The van der Waals surface area contributed by atoms with Gasteiger partial charge in [-0.3, -0.25) is 0 Å². The Hall–Kier alpha value is -2.21. The van der Waals surface area contributed by atoms with Gasteiger partial charge >= 0.3 is 0 Å². The first-order valence-electron chi connectivity index (χ1n) is 9.70. The summed E-state index contributed by atoms with van der Waals surface area (Å²) in [4.78, 5) is 0.